The average molecular weight is 164 g/mol. The van der Waals surface area contributed by atoms with E-state index in [1.54, 1.807) is 0 Å². The van der Waals surface area contributed by atoms with Crippen LogP contribution >= 0.6 is 0 Å². The van der Waals surface area contributed by atoms with E-state index in [1.165, 1.54) is 65.0 Å². The van der Waals surface area contributed by atoms with Crippen molar-refractivity contribution in [2.45, 2.75) is 63.6 Å². The first kappa shape index (κ1) is 10.2. The SMILES string of the molecule is BBC1CCCCCCCCC1. The van der Waals surface area contributed by atoms with Crippen molar-refractivity contribution in [3.63, 3.8) is 0 Å². The molecular weight excluding hydrogens is 142 g/mol. The smallest absolute Gasteiger partial charge is 0.0737 e. The molecule has 0 saturated heterocycles. The molecule has 0 aromatic heterocycles. The predicted molar refractivity (Wildman–Crippen MR) is 61.0 cm³/mol. The molecule has 0 radical (unpaired) electrons. The largest absolute Gasteiger partial charge is 0.0860 e. The van der Waals surface area contributed by atoms with Crippen LogP contribution in [0.5, 0.6) is 0 Å². The molecule has 0 atom stereocenters. The Morgan fingerprint density at radius 2 is 1.17 bits per heavy atom. The second-order valence-electron chi connectivity index (χ2n) is 4.33. The third-order valence-corrected chi connectivity index (χ3v) is 3.30. The van der Waals surface area contributed by atoms with Gasteiger partial charge in [0.05, 0.1) is 14.9 Å². The van der Waals surface area contributed by atoms with Gasteiger partial charge in [-0.05, 0) is 0 Å². The summed E-state index contributed by atoms with van der Waals surface area (Å²) in [6.07, 6.45) is 13.5. The standard InChI is InChI=1S/C10H22B2/c11-12-10-8-6-4-2-1-3-5-7-9-10/h10,12H,1-9,11H2. The number of hydrogen-bond acceptors (Lipinski definition) is 0. The van der Waals surface area contributed by atoms with Crippen LogP contribution in [0, 0.1) is 0 Å². The van der Waals surface area contributed by atoms with E-state index in [2.05, 4.69) is 7.74 Å². The van der Waals surface area contributed by atoms with Crippen molar-refractivity contribution in [2.75, 3.05) is 0 Å². The summed E-state index contributed by atoms with van der Waals surface area (Å²) in [6, 6.07) is 0. The molecule has 12 heavy (non-hydrogen) atoms. The highest BCUT2D eigenvalue weighted by molar-refractivity contribution is 6.90. The zero-order chi connectivity index (χ0) is 8.65. The average Bonchev–Trinajstić information content (AvgIpc) is 2.14. The highest BCUT2D eigenvalue weighted by Gasteiger charge is 2.07. The first-order chi connectivity index (χ1) is 5.93. The van der Waals surface area contributed by atoms with E-state index in [0.717, 1.165) is 5.82 Å². The van der Waals surface area contributed by atoms with Crippen LogP contribution in [-0.4, -0.2) is 14.9 Å². The Morgan fingerprint density at radius 1 is 0.750 bits per heavy atom. The summed E-state index contributed by atoms with van der Waals surface area (Å²) in [5, 5.41) is 0. The molecule has 0 bridgehead atoms. The molecule has 0 amide bonds. The lowest BCUT2D eigenvalue weighted by atomic mass is 9.45. The van der Waals surface area contributed by atoms with Gasteiger partial charge in [-0.25, -0.2) is 0 Å². The molecule has 1 rings (SSSR count). The molecule has 1 aliphatic rings. The van der Waals surface area contributed by atoms with Crippen molar-refractivity contribution in [1.29, 1.82) is 0 Å². The summed E-state index contributed by atoms with van der Waals surface area (Å²) in [7, 11) is 3.77. The molecule has 0 heterocycles. The zero-order valence-electron chi connectivity index (χ0n) is 8.65. The van der Waals surface area contributed by atoms with Crippen LogP contribution in [0.2, 0.25) is 5.82 Å². The summed E-state index contributed by atoms with van der Waals surface area (Å²) in [5.74, 6) is 1.06. The Labute approximate surface area is 79.1 Å². The Kier molecular flexibility index (Phi) is 5.64. The van der Waals surface area contributed by atoms with Gasteiger partial charge in [0.1, 0.15) is 0 Å². The van der Waals surface area contributed by atoms with Crippen molar-refractivity contribution in [3.05, 3.63) is 0 Å². The van der Waals surface area contributed by atoms with E-state index in [9.17, 15) is 0 Å². The summed E-state index contributed by atoms with van der Waals surface area (Å²) in [6.45, 7) is 0. The van der Waals surface area contributed by atoms with Gasteiger partial charge in [-0.1, -0.05) is 63.6 Å². The third-order valence-electron chi connectivity index (χ3n) is 3.30. The molecule has 0 aliphatic heterocycles. The fraction of sp³-hybridized carbons (Fsp3) is 1.00. The minimum atomic E-state index is 1.06. The fourth-order valence-corrected chi connectivity index (χ4v) is 2.30. The second kappa shape index (κ2) is 6.62. The maximum Gasteiger partial charge on any atom is 0.0860 e. The highest BCUT2D eigenvalue weighted by Crippen LogP contribution is 2.23. The van der Waals surface area contributed by atoms with Gasteiger partial charge in [-0.2, -0.15) is 0 Å². The molecule has 0 aromatic rings. The lowest BCUT2D eigenvalue weighted by Crippen LogP contribution is -2.04. The van der Waals surface area contributed by atoms with Gasteiger partial charge >= 0.3 is 0 Å². The van der Waals surface area contributed by atoms with Gasteiger partial charge in [0.2, 0.25) is 0 Å². The molecule has 0 nitrogen and oxygen atoms in total. The lowest BCUT2D eigenvalue weighted by Gasteiger charge is -2.15. The van der Waals surface area contributed by atoms with E-state index in [4.69, 9.17) is 0 Å². The first-order valence-corrected chi connectivity index (χ1v) is 5.93. The minimum Gasteiger partial charge on any atom is -0.0737 e. The normalized spacial score (nSPS) is 23.3. The van der Waals surface area contributed by atoms with Crippen LogP contribution in [0.1, 0.15) is 57.8 Å². The molecule has 0 aromatic carbocycles. The van der Waals surface area contributed by atoms with Gasteiger partial charge in [0.15, 0.2) is 0 Å². The second-order valence-corrected chi connectivity index (χ2v) is 4.33. The molecule has 2 heteroatoms. The van der Waals surface area contributed by atoms with Gasteiger partial charge in [-0.15, -0.1) is 0 Å². The molecule has 1 aliphatic carbocycles. The molecule has 0 spiro atoms. The summed E-state index contributed by atoms with van der Waals surface area (Å²) >= 11 is 0. The molecule has 68 valence electrons. The molecule has 1 saturated carbocycles. The Balaban J connectivity index is 2.17. The maximum absolute atomic E-state index is 2.36. The van der Waals surface area contributed by atoms with Crippen LogP contribution in [0.4, 0.5) is 0 Å². The van der Waals surface area contributed by atoms with E-state index >= 15 is 0 Å². The number of rotatable bonds is 1. The Hall–Kier alpha value is 0.130. The van der Waals surface area contributed by atoms with Gasteiger partial charge in [-0.3, -0.25) is 0 Å². The zero-order valence-corrected chi connectivity index (χ0v) is 8.65. The van der Waals surface area contributed by atoms with Crippen molar-refractivity contribution in [3.8, 4) is 0 Å². The van der Waals surface area contributed by atoms with Crippen LogP contribution in [-0.2, 0) is 0 Å². The number of hydrogen-bond donors (Lipinski definition) is 0. The lowest BCUT2D eigenvalue weighted by molar-refractivity contribution is 0.503. The molecule has 0 unspecified atom stereocenters. The Bertz CT molecular complexity index is 94.0. The summed E-state index contributed by atoms with van der Waals surface area (Å²) < 4.78 is 0. The van der Waals surface area contributed by atoms with Gasteiger partial charge in [0, 0.05) is 0 Å². The predicted octanol–water partition coefficient (Wildman–Crippen LogP) is 2.28. The maximum atomic E-state index is 2.36. The fourth-order valence-electron chi connectivity index (χ4n) is 2.30. The summed E-state index contributed by atoms with van der Waals surface area (Å²) in [5.41, 5.74) is 0. The molecule has 1 fully saturated rings. The first-order valence-electron chi connectivity index (χ1n) is 5.93. The van der Waals surface area contributed by atoms with Crippen LogP contribution in [0.25, 0.3) is 0 Å². The topological polar surface area (TPSA) is 0 Å². The molecule has 0 N–H and O–H groups in total. The molecular formula is C10H22B2. The van der Waals surface area contributed by atoms with Crippen molar-refractivity contribution >= 4 is 14.9 Å². The van der Waals surface area contributed by atoms with E-state index in [0.29, 0.717) is 0 Å². The van der Waals surface area contributed by atoms with Crippen molar-refractivity contribution in [2.24, 2.45) is 0 Å². The van der Waals surface area contributed by atoms with Crippen LogP contribution in [0.15, 0.2) is 0 Å². The monoisotopic (exact) mass is 164 g/mol. The van der Waals surface area contributed by atoms with Crippen LogP contribution in [0.3, 0.4) is 0 Å². The van der Waals surface area contributed by atoms with Gasteiger partial charge < -0.3 is 0 Å². The third kappa shape index (κ3) is 4.23. The highest BCUT2D eigenvalue weighted by atomic mass is 14.1. The van der Waals surface area contributed by atoms with Gasteiger partial charge in [0.25, 0.3) is 0 Å². The van der Waals surface area contributed by atoms with E-state index in [-0.39, 0.29) is 0 Å². The minimum absolute atomic E-state index is 1.06. The van der Waals surface area contributed by atoms with E-state index in [1.807, 2.05) is 0 Å². The van der Waals surface area contributed by atoms with Crippen molar-refractivity contribution < 1.29 is 0 Å². The quantitative estimate of drug-likeness (QED) is 0.521. The van der Waals surface area contributed by atoms with Crippen LogP contribution < -0.4 is 0 Å². The Morgan fingerprint density at radius 3 is 1.58 bits per heavy atom. The van der Waals surface area contributed by atoms with E-state index < -0.39 is 0 Å². The summed E-state index contributed by atoms with van der Waals surface area (Å²) in [4.78, 5) is 0. The van der Waals surface area contributed by atoms with Crippen molar-refractivity contribution in [1.82, 2.24) is 0 Å².